The Balaban J connectivity index is 2.83. The van der Waals surface area contributed by atoms with Gasteiger partial charge >= 0.3 is 87.9 Å². The van der Waals surface area contributed by atoms with Gasteiger partial charge in [0.1, 0.15) is 0 Å². The van der Waals surface area contributed by atoms with E-state index in [2.05, 4.69) is 13.8 Å². The SMILES string of the molecule is CC[Se+](CC)C(=O)c1ccc(F)cc1. The normalized spacial score (nSPS) is 10.6. The first kappa shape index (κ1) is 11.4. The van der Waals surface area contributed by atoms with Gasteiger partial charge < -0.3 is 0 Å². The number of rotatable bonds is 4. The van der Waals surface area contributed by atoms with Crippen molar-refractivity contribution < 1.29 is 9.18 Å². The molecule has 0 saturated heterocycles. The molecular formula is C11H14FOSe+. The molecule has 0 aliphatic rings. The van der Waals surface area contributed by atoms with Crippen molar-refractivity contribution in [3.63, 3.8) is 0 Å². The molecule has 0 fully saturated rings. The van der Waals surface area contributed by atoms with Crippen LogP contribution in [0.3, 0.4) is 0 Å². The van der Waals surface area contributed by atoms with Gasteiger partial charge in [-0.15, -0.1) is 0 Å². The summed E-state index contributed by atoms with van der Waals surface area (Å²) in [7, 11) is 0. The van der Waals surface area contributed by atoms with Crippen LogP contribution < -0.4 is 0 Å². The zero-order valence-corrected chi connectivity index (χ0v) is 10.1. The minimum absolute atomic E-state index is 0.245. The quantitative estimate of drug-likeness (QED) is 0.760. The standard InChI is InChI=1S/C11H14FOSe/c1-3-14(4-2)11(13)9-5-7-10(12)8-6-9/h5-8H,3-4H2,1-2H3/q+1. The van der Waals surface area contributed by atoms with Crippen molar-refractivity contribution in [1.82, 2.24) is 0 Å². The van der Waals surface area contributed by atoms with Crippen molar-refractivity contribution >= 4 is 18.6 Å². The summed E-state index contributed by atoms with van der Waals surface area (Å²) in [4.78, 5) is 11.9. The van der Waals surface area contributed by atoms with E-state index in [0.29, 0.717) is 5.56 Å². The molecule has 0 bridgehead atoms. The Hall–Kier alpha value is -0.661. The van der Waals surface area contributed by atoms with Gasteiger partial charge in [-0.3, -0.25) is 0 Å². The molecule has 0 atom stereocenters. The van der Waals surface area contributed by atoms with Crippen LogP contribution in [0.15, 0.2) is 24.3 Å². The molecule has 14 heavy (non-hydrogen) atoms. The van der Waals surface area contributed by atoms with E-state index in [1.54, 1.807) is 12.1 Å². The topological polar surface area (TPSA) is 17.1 Å². The van der Waals surface area contributed by atoms with Gasteiger partial charge in [-0.05, 0) is 0 Å². The predicted octanol–water partition coefficient (Wildman–Crippen LogP) is 3.08. The monoisotopic (exact) mass is 261 g/mol. The van der Waals surface area contributed by atoms with Gasteiger partial charge in [0.2, 0.25) is 0 Å². The fraction of sp³-hybridized carbons (Fsp3) is 0.364. The zero-order chi connectivity index (χ0) is 10.6. The molecule has 0 saturated carbocycles. The molecule has 1 aromatic rings. The maximum absolute atomic E-state index is 12.6. The van der Waals surface area contributed by atoms with Crippen LogP contribution in [0.5, 0.6) is 0 Å². The molecule has 1 rings (SSSR count). The van der Waals surface area contributed by atoms with Crippen molar-refractivity contribution in [2.75, 3.05) is 0 Å². The summed E-state index contributed by atoms with van der Waals surface area (Å²) in [6, 6.07) is 5.86. The van der Waals surface area contributed by atoms with Crippen LogP contribution in [0.4, 0.5) is 4.39 Å². The average molecular weight is 260 g/mol. The third-order valence-electron chi connectivity index (χ3n) is 2.04. The van der Waals surface area contributed by atoms with Crippen molar-refractivity contribution in [3.05, 3.63) is 35.6 Å². The third kappa shape index (κ3) is 2.66. The first-order valence-corrected chi connectivity index (χ1v) is 7.94. The molecular weight excluding hydrogens is 246 g/mol. The first-order valence-electron chi connectivity index (χ1n) is 4.66. The molecule has 0 radical (unpaired) electrons. The summed E-state index contributed by atoms with van der Waals surface area (Å²) in [6.45, 7) is 4.10. The van der Waals surface area contributed by atoms with Gasteiger partial charge in [-0.1, -0.05) is 0 Å². The molecule has 0 aliphatic heterocycles. The summed E-state index contributed by atoms with van der Waals surface area (Å²) >= 11 is -1.15. The molecule has 0 N–H and O–H groups in total. The van der Waals surface area contributed by atoms with Gasteiger partial charge in [-0.2, -0.15) is 0 Å². The van der Waals surface area contributed by atoms with Gasteiger partial charge in [0.15, 0.2) is 0 Å². The van der Waals surface area contributed by atoms with Crippen LogP contribution in [0.1, 0.15) is 24.2 Å². The fourth-order valence-corrected chi connectivity index (χ4v) is 4.16. The van der Waals surface area contributed by atoms with E-state index in [9.17, 15) is 9.18 Å². The minimum atomic E-state index is -1.15. The van der Waals surface area contributed by atoms with Gasteiger partial charge in [0, 0.05) is 0 Å². The molecule has 1 aromatic carbocycles. The van der Waals surface area contributed by atoms with E-state index in [1.165, 1.54) is 12.1 Å². The molecule has 76 valence electrons. The summed E-state index contributed by atoms with van der Waals surface area (Å²) in [5.74, 6) is -0.286. The summed E-state index contributed by atoms with van der Waals surface area (Å²) in [5.41, 5.74) is 0.667. The van der Waals surface area contributed by atoms with Crippen LogP contribution in [0.2, 0.25) is 10.6 Å². The molecule has 0 amide bonds. The summed E-state index contributed by atoms with van der Waals surface area (Å²) in [5, 5.41) is 1.93. The Kier molecular flexibility index (Phi) is 4.30. The van der Waals surface area contributed by atoms with E-state index < -0.39 is 13.9 Å². The van der Waals surface area contributed by atoms with Crippen LogP contribution in [-0.4, -0.2) is 18.6 Å². The predicted molar refractivity (Wildman–Crippen MR) is 57.4 cm³/mol. The number of hydrogen-bond acceptors (Lipinski definition) is 1. The Morgan fingerprint density at radius 2 is 1.71 bits per heavy atom. The Morgan fingerprint density at radius 1 is 1.21 bits per heavy atom. The Labute approximate surface area is 88.2 Å². The van der Waals surface area contributed by atoms with E-state index in [1.807, 2.05) is 0 Å². The molecule has 0 unspecified atom stereocenters. The van der Waals surface area contributed by atoms with Crippen LogP contribution in [0, 0.1) is 5.82 Å². The third-order valence-corrected chi connectivity index (χ3v) is 6.56. The number of benzene rings is 1. The Bertz CT molecular complexity index is 304. The van der Waals surface area contributed by atoms with Crippen molar-refractivity contribution in [2.24, 2.45) is 0 Å². The molecule has 1 nitrogen and oxygen atoms in total. The second-order valence-corrected chi connectivity index (χ2v) is 8.13. The summed E-state index contributed by atoms with van der Waals surface area (Å²) < 4.78 is 12.9. The van der Waals surface area contributed by atoms with Crippen LogP contribution >= 0.6 is 0 Å². The van der Waals surface area contributed by atoms with E-state index >= 15 is 0 Å². The molecule has 0 aliphatic carbocycles. The second kappa shape index (κ2) is 5.28. The molecule has 0 aromatic heterocycles. The maximum atomic E-state index is 12.6. The van der Waals surface area contributed by atoms with Crippen molar-refractivity contribution in [3.8, 4) is 0 Å². The zero-order valence-electron chi connectivity index (χ0n) is 8.42. The van der Waals surface area contributed by atoms with E-state index in [0.717, 1.165) is 10.6 Å². The number of hydrogen-bond donors (Lipinski definition) is 0. The molecule has 0 spiro atoms. The van der Waals surface area contributed by atoms with E-state index in [-0.39, 0.29) is 10.5 Å². The molecule has 3 heteroatoms. The van der Waals surface area contributed by atoms with E-state index in [4.69, 9.17) is 0 Å². The number of carbonyl (C=O) groups excluding carboxylic acids is 1. The van der Waals surface area contributed by atoms with Crippen LogP contribution in [0.25, 0.3) is 0 Å². The van der Waals surface area contributed by atoms with Gasteiger partial charge in [0.05, 0.1) is 0 Å². The average Bonchev–Trinajstić information content (AvgIpc) is 2.20. The van der Waals surface area contributed by atoms with Gasteiger partial charge in [0.25, 0.3) is 0 Å². The molecule has 0 heterocycles. The summed E-state index contributed by atoms with van der Waals surface area (Å²) in [6.07, 6.45) is 0. The fourth-order valence-electron chi connectivity index (χ4n) is 1.22. The Morgan fingerprint density at radius 3 is 2.14 bits per heavy atom. The number of halogens is 1. The first-order chi connectivity index (χ1) is 6.69. The van der Waals surface area contributed by atoms with Crippen molar-refractivity contribution in [1.29, 1.82) is 0 Å². The van der Waals surface area contributed by atoms with Gasteiger partial charge in [-0.25, -0.2) is 0 Å². The second-order valence-electron chi connectivity index (χ2n) is 2.86. The number of carbonyl (C=O) groups is 1. The van der Waals surface area contributed by atoms with Crippen molar-refractivity contribution in [2.45, 2.75) is 24.5 Å². The van der Waals surface area contributed by atoms with Crippen LogP contribution in [-0.2, 0) is 0 Å².